The molecule has 1 aromatic heterocycles. The first-order chi connectivity index (χ1) is 25.3. The molecule has 12 aromatic rings. The molecule has 0 spiro atoms. The minimum absolute atomic E-state index is 0.930. The minimum Gasteiger partial charge on any atom is -0.455 e. The zero-order valence-electron chi connectivity index (χ0n) is 27.6. The molecule has 51 heavy (non-hydrogen) atoms. The molecule has 0 N–H and O–H groups in total. The fourth-order valence-corrected chi connectivity index (χ4v) is 9.23. The first-order valence-electron chi connectivity index (χ1n) is 17.7. The van der Waals surface area contributed by atoms with Crippen molar-refractivity contribution in [1.29, 1.82) is 0 Å². The summed E-state index contributed by atoms with van der Waals surface area (Å²) >= 11 is 0. The maximum atomic E-state index is 6.66. The van der Waals surface area contributed by atoms with E-state index in [0.717, 1.165) is 11.2 Å². The van der Waals surface area contributed by atoms with Crippen LogP contribution in [0.15, 0.2) is 174 Å². The van der Waals surface area contributed by atoms with E-state index in [1.165, 1.54) is 108 Å². The maximum absolute atomic E-state index is 6.66. The van der Waals surface area contributed by atoms with E-state index in [9.17, 15) is 0 Å². The quantitative estimate of drug-likeness (QED) is 0.171. The van der Waals surface area contributed by atoms with Crippen LogP contribution in [0.5, 0.6) is 0 Å². The molecule has 0 aliphatic carbocycles. The van der Waals surface area contributed by atoms with Crippen molar-refractivity contribution in [2.75, 3.05) is 0 Å². The van der Waals surface area contributed by atoms with Gasteiger partial charge in [0, 0.05) is 21.5 Å². The van der Waals surface area contributed by atoms with Gasteiger partial charge in [0.1, 0.15) is 11.2 Å². The van der Waals surface area contributed by atoms with Gasteiger partial charge in [0.2, 0.25) is 0 Å². The first kappa shape index (κ1) is 27.2. The Morgan fingerprint density at radius 2 is 0.765 bits per heavy atom. The second-order valence-electron chi connectivity index (χ2n) is 13.9. The predicted molar refractivity (Wildman–Crippen MR) is 218 cm³/mol. The van der Waals surface area contributed by atoms with Gasteiger partial charge in [-0.1, -0.05) is 146 Å². The van der Waals surface area contributed by atoms with Crippen LogP contribution in [-0.4, -0.2) is 0 Å². The fraction of sp³-hybridized carbons (Fsp3) is 0. The molecular weight excluding hydrogens is 617 g/mol. The molecule has 1 heterocycles. The van der Waals surface area contributed by atoms with Gasteiger partial charge in [-0.3, -0.25) is 0 Å². The molecule has 12 rings (SSSR count). The lowest BCUT2D eigenvalue weighted by molar-refractivity contribution is 0.673. The predicted octanol–water partition coefficient (Wildman–Crippen LogP) is 14.4. The molecule has 0 bridgehead atoms. The highest BCUT2D eigenvalue weighted by Gasteiger charge is 2.22. The third-order valence-electron chi connectivity index (χ3n) is 11.4. The number of furan rings is 1. The Balaban J connectivity index is 1.23. The molecule has 234 valence electrons. The normalized spacial score (nSPS) is 12.3. The van der Waals surface area contributed by atoms with Crippen LogP contribution in [0.3, 0.4) is 0 Å². The molecule has 0 unspecified atom stereocenters. The van der Waals surface area contributed by atoms with Crippen molar-refractivity contribution in [1.82, 2.24) is 0 Å². The number of fused-ring (bicyclic) bond motifs is 11. The lowest BCUT2D eigenvalue weighted by Gasteiger charge is -2.19. The highest BCUT2D eigenvalue weighted by molar-refractivity contribution is 6.38. The van der Waals surface area contributed by atoms with Crippen LogP contribution in [-0.2, 0) is 0 Å². The molecule has 1 heteroatoms. The van der Waals surface area contributed by atoms with Gasteiger partial charge in [-0.25, -0.2) is 0 Å². The molecule has 11 aromatic carbocycles. The summed E-state index contributed by atoms with van der Waals surface area (Å²) in [6.45, 7) is 0. The standard InChI is InChI=1S/C50H28O/c1-2-15-31-29(12-1)13-9-21-32(31)42-27-44-36-19-6-5-18-35(36)43(28-45(44)34-17-4-3-16-33(34)42)41-26-30-14-10-23-39-47(30)48-37(41)22-11-24-40(48)50-49(39)38-20-7-8-25-46(38)51-50/h1-28H. The van der Waals surface area contributed by atoms with Gasteiger partial charge in [-0.05, 0) is 111 Å². The highest BCUT2D eigenvalue weighted by atomic mass is 16.3. The Morgan fingerprint density at radius 3 is 1.55 bits per heavy atom. The lowest BCUT2D eigenvalue weighted by atomic mass is 9.84. The van der Waals surface area contributed by atoms with Crippen LogP contribution in [0.2, 0.25) is 0 Å². The third-order valence-corrected chi connectivity index (χ3v) is 11.4. The zero-order chi connectivity index (χ0) is 33.2. The van der Waals surface area contributed by atoms with E-state index in [1.807, 2.05) is 0 Å². The number of hydrogen-bond acceptors (Lipinski definition) is 1. The average Bonchev–Trinajstić information content (AvgIpc) is 3.60. The summed E-state index contributed by atoms with van der Waals surface area (Å²) in [4.78, 5) is 0. The van der Waals surface area contributed by atoms with Gasteiger partial charge >= 0.3 is 0 Å². The number of hydrogen-bond donors (Lipinski definition) is 0. The van der Waals surface area contributed by atoms with E-state index in [4.69, 9.17) is 4.42 Å². The molecule has 0 amide bonds. The Hall–Kier alpha value is -6.70. The molecule has 0 aliphatic rings. The number of rotatable bonds is 2. The van der Waals surface area contributed by atoms with E-state index in [-0.39, 0.29) is 0 Å². The molecule has 0 saturated carbocycles. The van der Waals surface area contributed by atoms with Crippen LogP contribution in [0.1, 0.15) is 0 Å². The second kappa shape index (κ2) is 9.94. The van der Waals surface area contributed by atoms with Crippen LogP contribution >= 0.6 is 0 Å². The smallest absolute Gasteiger partial charge is 0.143 e. The second-order valence-corrected chi connectivity index (χ2v) is 13.9. The van der Waals surface area contributed by atoms with Gasteiger partial charge in [0.05, 0.1) is 0 Å². The SMILES string of the molecule is c1ccc2c(-c3cc4c5ccccc5c(-c5cc6cccc7c8c9ccccc9oc8c8cccc5c8c67)cc4c4ccccc34)cccc2c1. The summed E-state index contributed by atoms with van der Waals surface area (Å²) in [5, 5.41) is 20.0. The maximum Gasteiger partial charge on any atom is 0.143 e. The summed E-state index contributed by atoms with van der Waals surface area (Å²) in [6, 6.07) is 62.6. The lowest BCUT2D eigenvalue weighted by Crippen LogP contribution is -1.92. The highest BCUT2D eigenvalue weighted by Crippen LogP contribution is 2.49. The van der Waals surface area contributed by atoms with E-state index >= 15 is 0 Å². The van der Waals surface area contributed by atoms with Crippen molar-refractivity contribution in [3.63, 3.8) is 0 Å². The number of para-hydroxylation sites is 1. The largest absolute Gasteiger partial charge is 0.455 e. The third kappa shape index (κ3) is 3.60. The van der Waals surface area contributed by atoms with Gasteiger partial charge in [0.25, 0.3) is 0 Å². The molecule has 0 radical (unpaired) electrons. The summed E-state index contributed by atoms with van der Waals surface area (Å²) in [6.07, 6.45) is 0. The molecular formula is C50H28O. The van der Waals surface area contributed by atoms with Crippen LogP contribution < -0.4 is 0 Å². The monoisotopic (exact) mass is 644 g/mol. The zero-order valence-corrected chi connectivity index (χ0v) is 27.6. The molecule has 0 atom stereocenters. The summed E-state index contributed by atoms with van der Waals surface area (Å²) in [5.41, 5.74) is 6.93. The fourth-order valence-electron chi connectivity index (χ4n) is 9.23. The molecule has 0 aliphatic heterocycles. The van der Waals surface area contributed by atoms with E-state index in [1.54, 1.807) is 0 Å². The molecule has 0 fully saturated rings. The van der Waals surface area contributed by atoms with E-state index in [0.29, 0.717) is 0 Å². The molecule has 0 saturated heterocycles. The Labute approximate surface area is 292 Å². The van der Waals surface area contributed by atoms with Crippen LogP contribution in [0.25, 0.3) is 120 Å². The van der Waals surface area contributed by atoms with Gasteiger partial charge < -0.3 is 4.42 Å². The van der Waals surface area contributed by atoms with Crippen molar-refractivity contribution in [3.05, 3.63) is 170 Å². The Kier molecular flexibility index (Phi) is 5.29. The van der Waals surface area contributed by atoms with Crippen molar-refractivity contribution in [2.45, 2.75) is 0 Å². The van der Waals surface area contributed by atoms with Crippen molar-refractivity contribution in [3.8, 4) is 22.3 Å². The minimum atomic E-state index is 0.930. The Bertz CT molecular complexity index is 3410. The van der Waals surface area contributed by atoms with E-state index < -0.39 is 0 Å². The van der Waals surface area contributed by atoms with Crippen molar-refractivity contribution in [2.24, 2.45) is 0 Å². The van der Waals surface area contributed by atoms with Gasteiger partial charge in [0.15, 0.2) is 0 Å². The van der Waals surface area contributed by atoms with Crippen molar-refractivity contribution < 1.29 is 4.42 Å². The average molecular weight is 645 g/mol. The summed E-state index contributed by atoms with van der Waals surface area (Å²) < 4.78 is 6.66. The number of benzene rings is 11. The van der Waals surface area contributed by atoms with Crippen molar-refractivity contribution >= 4 is 97.3 Å². The summed E-state index contributed by atoms with van der Waals surface area (Å²) in [5.74, 6) is 0. The Morgan fingerprint density at radius 1 is 0.255 bits per heavy atom. The van der Waals surface area contributed by atoms with Crippen LogP contribution in [0.4, 0.5) is 0 Å². The van der Waals surface area contributed by atoms with Gasteiger partial charge in [-0.15, -0.1) is 0 Å². The molecule has 1 nitrogen and oxygen atoms in total. The van der Waals surface area contributed by atoms with Gasteiger partial charge in [-0.2, -0.15) is 0 Å². The summed E-state index contributed by atoms with van der Waals surface area (Å²) in [7, 11) is 0. The topological polar surface area (TPSA) is 13.1 Å². The van der Waals surface area contributed by atoms with E-state index in [2.05, 4.69) is 170 Å². The van der Waals surface area contributed by atoms with Crippen LogP contribution in [0, 0.1) is 0 Å². The first-order valence-corrected chi connectivity index (χ1v) is 17.7.